The second kappa shape index (κ2) is 8.58. The molecular weight excluding hydrogens is 301 g/mol. The number of thiophene rings is 1. The Bertz CT molecular complexity index is 614. The number of nitrogens with zero attached hydrogens (tertiary/aromatic N) is 3. The summed E-state index contributed by atoms with van der Waals surface area (Å²) in [5, 5.41) is 1.97. The van der Waals surface area contributed by atoms with Gasteiger partial charge in [-0.2, -0.15) is 4.98 Å². The first kappa shape index (κ1) is 16.5. The molecule has 0 unspecified atom stereocenters. The lowest BCUT2D eigenvalue weighted by molar-refractivity contribution is 0.283. The number of unbranched alkanes of at least 4 members (excludes halogenated alkanes) is 2. The van der Waals surface area contributed by atoms with Crippen LogP contribution in [-0.2, 0) is 6.61 Å². The third-order valence-electron chi connectivity index (χ3n) is 3.07. The van der Waals surface area contributed by atoms with Crippen molar-refractivity contribution in [2.75, 3.05) is 0 Å². The molecular formula is C16H20FN3OS. The highest BCUT2D eigenvalue weighted by atomic mass is 32.1. The van der Waals surface area contributed by atoms with Crippen molar-refractivity contribution >= 4 is 22.9 Å². The average Bonchev–Trinajstić information content (AvgIpc) is 3.02. The molecule has 2 aromatic heterocycles. The van der Waals surface area contributed by atoms with Crippen molar-refractivity contribution in [1.82, 2.24) is 9.97 Å². The Kier molecular flexibility index (Phi) is 6.45. The normalized spacial score (nSPS) is 11.7. The number of ether oxygens (including phenoxy) is 1. The second-order valence-electron chi connectivity index (χ2n) is 5.00. The zero-order valence-corrected chi connectivity index (χ0v) is 13.7. The fraction of sp³-hybridized carbons (Fsp3) is 0.438. The van der Waals surface area contributed by atoms with Gasteiger partial charge in [-0.25, -0.2) is 14.4 Å². The molecule has 2 rings (SSSR count). The predicted molar refractivity (Wildman–Crippen MR) is 87.6 cm³/mol. The molecule has 118 valence electrons. The minimum atomic E-state index is -0.529. The molecule has 4 nitrogen and oxygen atoms in total. The van der Waals surface area contributed by atoms with E-state index in [2.05, 4.69) is 21.9 Å². The fourth-order valence-corrected chi connectivity index (χ4v) is 2.50. The highest BCUT2D eigenvalue weighted by molar-refractivity contribution is 7.09. The Balaban J connectivity index is 2.01. The first-order chi connectivity index (χ1) is 10.7. The van der Waals surface area contributed by atoms with E-state index < -0.39 is 5.82 Å². The molecule has 22 heavy (non-hydrogen) atoms. The summed E-state index contributed by atoms with van der Waals surface area (Å²) in [5.41, 5.74) is 0.871. The molecule has 0 aromatic carbocycles. The maximum atomic E-state index is 13.7. The number of aliphatic imine (C=N–C) groups is 1. The van der Waals surface area contributed by atoms with Crippen molar-refractivity contribution in [3.05, 3.63) is 34.4 Å². The summed E-state index contributed by atoms with van der Waals surface area (Å²) in [7, 11) is 0. The van der Waals surface area contributed by atoms with Crippen LogP contribution in [0.2, 0.25) is 0 Å². The smallest absolute Gasteiger partial charge is 0.318 e. The summed E-state index contributed by atoms with van der Waals surface area (Å²) in [6.07, 6.45) is 5.31. The molecule has 0 atom stereocenters. The lowest BCUT2D eigenvalue weighted by atomic mass is 10.1. The van der Waals surface area contributed by atoms with Gasteiger partial charge in [0.2, 0.25) is 0 Å². The quantitative estimate of drug-likeness (QED) is 0.511. The van der Waals surface area contributed by atoms with Crippen LogP contribution in [0.4, 0.5) is 10.2 Å². The Morgan fingerprint density at radius 1 is 1.41 bits per heavy atom. The molecule has 0 aliphatic carbocycles. The van der Waals surface area contributed by atoms with E-state index in [1.54, 1.807) is 11.3 Å². The number of hydrogen-bond donors (Lipinski definition) is 0. The maximum Gasteiger partial charge on any atom is 0.318 e. The number of rotatable bonds is 8. The van der Waals surface area contributed by atoms with E-state index in [4.69, 9.17) is 4.74 Å². The molecule has 6 heteroatoms. The predicted octanol–water partition coefficient (Wildman–Crippen LogP) is 4.93. The largest absolute Gasteiger partial charge is 0.458 e. The molecule has 0 saturated heterocycles. The Morgan fingerprint density at radius 3 is 3.00 bits per heavy atom. The first-order valence-corrected chi connectivity index (χ1v) is 8.29. The van der Waals surface area contributed by atoms with Gasteiger partial charge in [-0.15, -0.1) is 11.3 Å². The van der Waals surface area contributed by atoms with Gasteiger partial charge in [-0.05, 0) is 31.2 Å². The number of hydrogen-bond acceptors (Lipinski definition) is 5. The summed E-state index contributed by atoms with van der Waals surface area (Å²) in [5.74, 6) is -0.483. The topological polar surface area (TPSA) is 47.4 Å². The minimum Gasteiger partial charge on any atom is -0.458 e. The molecule has 0 spiro atoms. The maximum absolute atomic E-state index is 13.7. The molecule has 0 aliphatic rings. The average molecular weight is 321 g/mol. The van der Waals surface area contributed by atoms with E-state index in [-0.39, 0.29) is 11.8 Å². The van der Waals surface area contributed by atoms with E-state index in [0.29, 0.717) is 6.61 Å². The van der Waals surface area contributed by atoms with E-state index in [0.717, 1.165) is 42.5 Å². The SMILES string of the molecule is CCCCC/C(C)=N\c1nc(OCc2cccs2)ncc1F. The molecule has 0 fully saturated rings. The second-order valence-corrected chi connectivity index (χ2v) is 6.03. The summed E-state index contributed by atoms with van der Waals surface area (Å²) in [6, 6.07) is 4.06. The van der Waals surface area contributed by atoms with Gasteiger partial charge >= 0.3 is 6.01 Å². The van der Waals surface area contributed by atoms with Crippen LogP contribution in [0.1, 0.15) is 44.4 Å². The summed E-state index contributed by atoms with van der Waals surface area (Å²) >= 11 is 1.59. The van der Waals surface area contributed by atoms with Crippen LogP contribution in [0.25, 0.3) is 0 Å². The highest BCUT2D eigenvalue weighted by Crippen LogP contribution is 2.19. The van der Waals surface area contributed by atoms with E-state index in [1.807, 2.05) is 24.4 Å². The van der Waals surface area contributed by atoms with Gasteiger partial charge in [0.1, 0.15) is 6.61 Å². The molecule has 0 N–H and O–H groups in total. The monoisotopic (exact) mass is 321 g/mol. The summed E-state index contributed by atoms with van der Waals surface area (Å²) in [4.78, 5) is 13.2. The Labute approximate surface area is 134 Å². The highest BCUT2D eigenvalue weighted by Gasteiger charge is 2.08. The molecule has 0 bridgehead atoms. The van der Waals surface area contributed by atoms with Crippen LogP contribution >= 0.6 is 11.3 Å². The van der Waals surface area contributed by atoms with E-state index in [9.17, 15) is 4.39 Å². The van der Waals surface area contributed by atoms with Gasteiger partial charge in [-0.3, -0.25) is 0 Å². The van der Waals surface area contributed by atoms with E-state index >= 15 is 0 Å². The first-order valence-electron chi connectivity index (χ1n) is 7.41. The van der Waals surface area contributed by atoms with Crippen molar-refractivity contribution in [1.29, 1.82) is 0 Å². The lowest BCUT2D eigenvalue weighted by Crippen LogP contribution is -2.00. The zero-order valence-electron chi connectivity index (χ0n) is 12.9. The molecule has 0 aliphatic heterocycles. The Hall–Kier alpha value is -1.82. The third-order valence-corrected chi connectivity index (χ3v) is 3.92. The summed E-state index contributed by atoms with van der Waals surface area (Å²) in [6.45, 7) is 4.42. The van der Waals surface area contributed by atoms with Crippen LogP contribution in [0.3, 0.4) is 0 Å². The zero-order chi connectivity index (χ0) is 15.8. The summed E-state index contributed by atoms with van der Waals surface area (Å²) < 4.78 is 19.2. The standard InChI is InChI=1S/C16H20FN3OS/c1-3-4-5-7-12(2)19-15-14(17)10-18-16(20-15)21-11-13-8-6-9-22-13/h6,8-10H,3-5,7,11H2,1-2H3/b19-12-. The van der Waals surface area contributed by atoms with Crippen LogP contribution in [0.5, 0.6) is 6.01 Å². The minimum absolute atomic E-state index is 0.0465. The van der Waals surface area contributed by atoms with Crippen molar-refractivity contribution in [2.45, 2.75) is 46.1 Å². The van der Waals surface area contributed by atoms with E-state index in [1.165, 1.54) is 0 Å². The van der Waals surface area contributed by atoms with Crippen LogP contribution in [0.15, 0.2) is 28.7 Å². The van der Waals surface area contributed by atoms with Gasteiger partial charge in [0, 0.05) is 10.6 Å². The van der Waals surface area contributed by atoms with Crippen molar-refractivity contribution in [2.24, 2.45) is 4.99 Å². The van der Waals surface area contributed by atoms with Gasteiger partial charge in [0.15, 0.2) is 11.6 Å². The molecule has 0 amide bonds. The molecule has 2 heterocycles. The van der Waals surface area contributed by atoms with Crippen molar-refractivity contribution < 1.29 is 9.13 Å². The lowest BCUT2D eigenvalue weighted by Gasteiger charge is -2.05. The van der Waals surface area contributed by atoms with Crippen molar-refractivity contribution in [3.8, 4) is 6.01 Å². The number of aromatic nitrogens is 2. The van der Waals surface area contributed by atoms with Gasteiger partial charge in [0.05, 0.1) is 6.20 Å². The van der Waals surface area contributed by atoms with Gasteiger partial charge in [-0.1, -0.05) is 25.8 Å². The van der Waals surface area contributed by atoms with Gasteiger partial charge in [0.25, 0.3) is 0 Å². The third kappa shape index (κ3) is 5.18. The van der Waals surface area contributed by atoms with Crippen LogP contribution in [0, 0.1) is 5.82 Å². The Morgan fingerprint density at radius 2 is 2.27 bits per heavy atom. The van der Waals surface area contributed by atoms with Crippen molar-refractivity contribution in [3.63, 3.8) is 0 Å². The van der Waals surface area contributed by atoms with Crippen LogP contribution < -0.4 is 4.74 Å². The molecule has 0 radical (unpaired) electrons. The fourth-order valence-electron chi connectivity index (χ4n) is 1.89. The van der Waals surface area contributed by atoms with Gasteiger partial charge < -0.3 is 4.74 Å². The molecule has 2 aromatic rings. The number of halogens is 1. The molecule has 0 saturated carbocycles. The van der Waals surface area contributed by atoms with Crippen LogP contribution in [-0.4, -0.2) is 15.7 Å².